The molecule has 4 heteroatoms. The topological polar surface area (TPSA) is 41.5 Å². The normalized spacial score (nSPS) is 17.0. The molecule has 1 unspecified atom stereocenters. The first-order chi connectivity index (χ1) is 9.22. The molecule has 0 aromatic heterocycles. The molecule has 19 heavy (non-hydrogen) atoms. The van der Waals surface area contributed by atoms with Crippen molar-refractivity contribution in [2.45, 2.75) is 12.6 Å². The fourth-order valence-electron chi connectivity index (χ4n) is 2.26. The highest BCUT2D eigenvalue weighted by Gasteiger charge is 2.23. The van der Waals surface area contributed by atoms with Gasteiger partial charge in [0.1, 0.15) is 23.9 Å². The Kier molecular flexibility index (Phi) is 3.09. The predicted octanol–water partition coefficient (Wildman–Crippen LogP) is 2.75. The number of fused-ring (bicyclic) bond motifs is 1. The molecule has 1 aliphatic heterocycles. The molecule has 3 nitrogen and oxygen atoms in total. The third-order valence-corrected chi connectivity index (χ3v) is 3.22. The number of ether oxygens (including phenoxy) is 1. The van der Waals surface area contributed by atoms with Gasteiger partial charge < -0.3 is 15.2 Å². The lowest BCUT2D eigenvalue weighted by molar-refractivity contribution is 0.309. The van der Waals surface area contributed by atoms with Gasteiger partial charge in [0.05, 0.1) is 6.04 Å². The first kappa shape index (κ1) is 12.0. The molecular formula is C15H14FNO2. The molecule has 0 aliphatic carbocycles. The second kappa shape index (κ2) is 4.90. The fraction of sp³-hybridized carbons (Fsp3) is 0.200. The Morgan fingerprint density at radius 2 is 2.16 bits per heavy atom. The number of aromatic hydroxyl groups is 1. The zero-order chi connectivity index (χ0) is 13.2. The van der Waals surface area contributed by atoms with Gasteiger partial charge in [-0.2, -0.15) is 0 Å². The first-order valence-corrected chi connectivity index (χ1v) is 6.16. The van der Waals surface area contributed by atoms with Crippen LogP contribution in [-0.2, 0) is 6.54 Å². The van der Waals surface area contributed by atoms with Crippen LogP contribution in [0.5, 0.6) is 11.5 Å². The van der Waals surface area contributed by atoms with Crippen LogP contribution in [0.15, 0.2) is 42.5 Å². The summed E-state index contributed by atoms with van der Waals surface area (Å²) in [6, 6.07) is 11.7. The van der Waals surface area contributed by atoms with E-state index in [9.17, 15) is 9.50 Å². The Morgan fingerprint density at radius 1 is 1.26 bits per heavy atom. The Balaban J connectivity index is 1.70. The minimum atomic E-state index is -0.229. The Hall–Kier alpha value is -2.07. The lowest BCUT2D eigenvalue weighted by Gasteiger charge is -2.11. The van der Waals surface area contributed by atoms with Gasteiger partial charge in [0.15, 0.2) is 0 Å². The van der Waals surface area contributed by atoms with Crippen LogP contribution in [0.4, 0.5) is 4.39 Å². The van der Waals surface area contributed by atoms with Crippen molar-refractivity contribution in [3.63, 3.8) is 0 Å². The third kappa shape index (κ3) is 2.53. The van der Waals surface area contributed by atoms with Crippen LogP contribution in [0, 0.1) is 5.82 Å². The molecule has 2 aromatic carbocycles. The molecule has 0 amide bonds. The van der Waals surface area contributed by atoms with Crippen molar-refractivity contribution in [1.82, 2.24) is 5.32 Å². The van der Waals surface area contributed by atoms with E-state index in [4.69, 9.17) is 4.74 Å². The van der Waals surface area contributed by atoms with E-state index in [-0.39, 0.29) is 17.6 Å². The van der Waals surface area contributed by atoms with Crippen molar-refractivity contribution in [2.75, 3.05) is 6.61 Å². The molecule has 3 rings (SSSR count). The first-order valence-electron chi connectivity index (χ1n) is 6.16. The number of nitrogens with one attached hydrogen (secondary N) is 1. The van der Waals surface area contributed by atoms with E-state index in [0.29, 0.717) is 18.9 Å². The van der Waals surface area contributed by atoms with Crippen molar-refractivity contribution in [3.8, 4) is 11.5 Å². The highest BCUT2D eigenvalue weighted by atomic mass is 19.1. The van der Waals surface area contributed by atoms with Gasteiger partial charge in [-0.05, 0) is 29.8 Å². The van der Waals surface area contributed by atoms with E-state index in [1.165, 1.54) is 12.1 Å². The number of phenolic OH excluding ortho intramolecular Hbond substituents is 1. The number of phenols is 1. The van der Waals surface area contributed by atoms with Crippen molar-refractivity contribution in [1.29, 1.82) is 0 Å². The number of benzene rings is 2. The quantitative estimate of drug-likeness (QED) is 0.890. The van der Waals surface area contributed by atoms with Crippen molar-refractivity contribution in [3.05, 3.63) is 59.4 Å². The summed E-state index contributed by atoms with van der Waals surface area (Å²) in [5.41, 5.74) is 1.92. The van der Waals surface area contributed by atoms with Gasteiger partial charge >= 0.3 is 0 Å². The molecule has 98 valence electrons. The summed E-state index contributed by atoms with van der Waals surface area (Å²) in [6.45, 7) is 1.10. The molecule has 0 fully saturated rings. The second-order valence-corrected chi connectivity index (χ2v) is 4.60. The third-order valence-electron chi connectivity index (χ3n) is 3.22. The fourth-order valence-corrected chi connectivity index (χ4v) is 2.26. The number of hydrogen-bond donors (Lipinski definition) is 2. The maximum absolute atomic E-state index is 13.1. The van der Waals surface area contributed by atoms with Gasteiger partial charge in [0, 0.05) is 18.2 Å². The summed E-state index contributed by atoms with van der Waals surface area (Å²) >= 11 is 0. The zero-order valence-electron chi connectivity index (χ0n) is 10.3. The number of halogens is 1. The Morgan fingerprint density at radius 3 is 3.00 bits per heavy atom. The monoisotopic (exact) mass is 259 g/mol. The number of hydrogen-bond acceptors (Lipinski definition) is 3. The molecule has 0 radical (unpaired) electrons. The van der Waals surface area contributed by atoms with Crippen molar-refractivity contribution in [2.24, 2.45) is 0 Å². The molecular weight excluding hydrogens is 245 g/mol. The summed E-state index contributed by atoms with van der Waals surface area (Å²) in [5.74, 6) is 0.675. The van der Waals surface area contributed by atoms with Gasteiger partial charge in [-0.25, -0.2) is 4.39 Å². The molecule has 0 saturated carbocycles. The molecule has 1 atom stereocenters. The highest BCUT2D eigenvalue weighted by Crippen LogP contribution is 2.34. The molecule has 0 spiro atoms. The van der Waals surface area contributed by atoms with Crippen LogP contribution in [0.2, 0.25) is 0 Å². The lowest BCUT2D eigenvalue weighted by atomic mass is 10.1. The average molecular weight is 259 g/mol. The molecule has 2 aromatic rings. The van der Waals surface area contributed by atoms with Crippen LogP contribution in [0.3, 0.4) is 0 Å². The Labute approximate surface area is 110 Å². The van der Waals surface area contributed by atoms with Gasteiger partial charge in [-0.3, -0.25) is 0 Å². The van der Waals surface area contributed by atoms with E-state index < -0.39 is 0 Å². The minimum Gasteiger partial charge on any atom is -0.508 e. The predicted molar refractivity (Wildman–Crippen MR) is 69.6 cm³/mol. The summed E-state index contributed by atoms with van der Waals surface area (Å²) in [5, 5.41) is 12.7. The standard InChI is InChI=1S/C15H14FNO2/c16-11-3-1-2-10(6-11)8-17-14-9-19-15-7-12(18)4-5-13(14)15/h1-7,14,17-18H,8-9H2. The largest absolute Gasteiger partial charge is 0.508 e. The molecule has 0 saturated heterocycles. The van der Waals surface area contributed by atoms with E-state index in [0.717, 1.165) is 11.1 Å². The maximum Gasteiger partial charge on any atom is 0.127 e. The van der Waals surface area contributed by atoms with Crippen LogP contribution in [-0.4, -0.2) is 11.7 Å². The van der Waals surface area contributed by atoms with Gasteiger partial charge in [0.2, 0.25) is 0 Å². The minimum absolute atomic E-state index is 0.0684. The van der Waals surface area contributed by atoms with Gasteiger partial charge in [-0.15, -0.1) is 0 Å². The summed E-state index contributed by atoms with van der Waals surface area (Å²) in [7, 11) is 0. The molecule has 1 heterocycles. The van der Waals surface area contributed by atoms with Crippen LogP contribution >= 0.6 is 0 Å². The molecule has 2 N–H and O–H groups in total. The van der Waals surface area contributed by atoms with Crippen LogP contribution in [0.1, 0.15) is 17.2 Å². The van der Waals surface area contributed by atoms with Gasteiger partial charge in [0.25, 0.3) is 0 Å². The van der Waals surface area contributed by atoms with E-state index in [1.807, 2.05) is 12.1 Å². The van der Waals surface area contributed by atoms with E-state index in [2.05, 4.69) is 5.32 Å². The maximum atomic E-state index is 13.1. The van der Waals surface area contributed by atoms with Crippen LogP contribution in [0.25, 0.3) is 0 Å². The zero-order valence-corrected chi connectivity index (χ0v) is 10.3. The van der Waals surface area contributed by atoms with Crippen molar-refractivity contribution < 1.29 is 14.2 Å². The smallest absolute Gasteiger partial charge is 0.127 e. The highest BCUT2D eigenvalue weighted by molar-refractivity contribution is 5.44. The molecule has 1 aliphatic rings. The summed E-state index contributed by atoms with van der Waals surface area (Å²) < 4.78 is 18.6. The van der Waals surface area contributed by atoms with Crippen molar-refractivity contribution >= 4 is 0 Å². The summed E-state index contributed by atoms with van der Waals surface area (Å²) in [6.07, 6.45) is 0. The SMILES string of the molecule is Oc1ccc2c(c1)OCC2NCc1cccc(F)c1. The molecule has 0 bridgehead atoms. The van der Waals surface area contributed by atoms with E-state index >= 15 is 0 Å². The average Bonchev–Trinajstić information content (AvgIpc) is 2.78. The summed E-state index contributed by atoms with van der Waals surface area (Å²) in [4.78, 5) is 0. The van der Waals surface area contributed by atoms with E-state index in [1.54, 1.807) is 18.2 Å². The Bertz CT molecular complexity index is 600. The second-order valence-electron chi connectivity index (χ2n) is 4.60. The van der Waals surface area contributed by atoms with Crippen LogP contribution < -0.4 is 10.1 Å². The number of rotatable bonds is 3. The van der Waals surface area contributed by atoms with Gasteiger partial charge in [-0.1, -0.05) is 12.1 Å². The lowest BCUT2D eigenvalue weighted by Crippen LogP contribution is -2.21.